The fourth-order valence-corrected chi connectivity index (χ4v) is 3.48. The Kier molecular flexibility index (Phi) is 3.98. The monoisotopic (exact) mass is 362 g/mol. The Morgan fingerprint density at radius 1 is 1.29 bits per heavy atom. The highest BCUT2D eigenvalue weighted by Crippen LogP contribution is 2.29. The van der Waals surface area contributed by atoms with Crippen LogP contribution in [0, 0.1) is 0 Å². The number of nitrogens with zero attached hydrogens (tertiary/aromatic N) is 1. The first-order valence-electron chi connectivity index (χ1n) is 6.23. The minimum absolute atomic E-state index is 0.305. The van der Waals surface area contributed by atoms with Crippen molar-refractivity contribution in [3.8, 4) is 0 Å². The number of nitrogens with one attached hydrogen (secondary N) is 1. The molecule has 0 aliphatic heterocycles. The van der Waals surface area contributed by atoms with Crippen molar-refractivity contribution in [3.63, 3.8) is 0 Å². The standard InChI is InChI=1S/C15H11BrN2O2S/c16-9-5-6-10(15(19)20)13(7-9)21-8-14-17-11-3-1-2-4-12(11)18-14/h1-7H,8H2,(H,17,18)(H,19,20). The third-order valence-corrected chi connectivity index (χ3v) is 4.54. The van der Waals surface area contributed by atoms with Crippen molar-refractivity contribution in [1.29, 1.82) is 0 Å². The predicted octanol–water partition coefficient (Wildman–Crippen LogP) is 4.32. The number of aromatic amines is 1. The van der Waals surface area contributed by atoms with Crippen LogP contribution in [0.2, 0.25) is 0 Å². The van der Waals surface area contributed by atoms with E-state index in [-0.39, 0.29) is 0 Å². The minimum atomic E-state index is -0.922. The van der Waals surface area contributed by atoms with E-state index >= 15 is 0 Å². The Labute approximate surface area is 133 Å². The van der Waals surface area contributed by atoms with Gasteiger partial charge in [-0.3, -0.25) is 0 Å². The van der Waals surface area contributed by atoms with Crippen molar-refractivity contribution < 1.29 is 9.90 Å². The molecular weight excluding hydrogens is 352 g/mol. The Balaban J connectivity index is 1.84. The molecule has 0 unspecified atom stereocenters. The minimum Gasteiger partial charge on any atom is -0.478 e. The van der Waals surface area contributed by atoms with Gasteiger partial charge in [-0.05, 0) is 30.3 Å². The summed E-state index contributed by atoms with van der Waals surface area (Å²) in [6.45, 7) is 0. The average molecular weight is 363 g/mol. The van der Waals surface area contributed by atoms with E-state index in [0.717, 1.165) is 26.2 Å². The zero-order chi connectivity index (χ0) is 14.8. The van der Waals surface area contributed by atoms with Gasteiger partial charge in [-0.15, -0.1) is 11.8 Å². The van der Waals surface area contributed by atoms with Gasteiger partial charge in [0.1, 0.15) is 5.82 Å². The van der Waals surface area contributed by atoms with Crippen LogP contribution >= 0.6 is 27.7 Å². The Morgan fingerprint density at radius 3 is 2.86 bits per heavy atom. The van der Waals surface area contributed by atoms with Gasteiger partial charge < -0.3 is 10.1 Å². The van der Waals surface area contributed by atoms with Crippen LogP contribution in [0.4, 0.5) is 0 Å². The van der Waals surface area contributed by atoms with Gasteiger partial charge in [-0.25, -0.2) is 9.78 Å². The second-order valence-corrected chi connectivity index (χ2v) is 6.37. The summed E-state index contributed by atoms with van der Waals surface area (Å²) in [6.07, 6.45) is 0. The molecule has 4 nitrogen and oxygen atoms in total. The molecule has 1 aromatic heterocycles. The zero-order valence-electron chi connectivity index (χ0n) is 10.8. The summed E-state index contributed by atoms with van der Waals surface area (Å²) in [5.74, 6) is 0.498. The van der Waals surface area contributed by atoms with Gasteiger partial charge in [-0.1, -0.05) is 28.1 Å². The molecule has 0 amide bonds. The van der Waals surface area contributed by atoms with Crippen LogP contribution in [-0.2, 0) is 5.75 Å². The number of fused-ring (bicyclic) bond motifs is 1. The van der Waals surface area contributed by atoms with Crippen molar-refractivity contribution in [3.05, 3.63) is 58.3 Å². The number of carboxylic acids is 1. The molecule has 6 heteroatoms. The van der Waals surface area contributed by atoms with E-state index in [4.69, 9.17) is 0 Å². The average Bonchev–Trinajstić information content (AvgIpc) is 2.87. The van der Waals surface area contributed by atoms with Gasteiger partial charge in [0.2, 0.25) is 0 Å². The molecule has 0 radical (unpaired) electrons. The lowest BCUT2D eigenvalue weighted by Gasteiger charge is -2.05. The fourth-order valence-electron chi connectivity index (χ4n) is 2.01. The molecule has 0 atom stereocenters. The van der Waals surface area contributed by atoms with E-state index in [1.54, 1.807) is 12.1 Å². The van der Waals surface area contributed by atoms with E-state index in [9.17, 15) is 9.90 Å². The van der Waals surface area contributed by atoms with Gasteiger partial charge in [-0.2, -0.15) is 0 Å². The van der Waals surface area contributed by atoms with Crippen molar-refractivity contribution in [2.75, 3.05) is 0 Å². The summed E-state index contributed by atoms with van der Waals surface area (Å²) in [5.41, 5.74) is 2.21. The maximum atomic E-state index is 11.2. The maximum absolute atomic E-state index is 11.2. The molecule has 0 aliphatic carbocycles. The van der Waals surface area contributed by atoms with Gasteiger partial charge in [0.25, 0.3) is 0 Å². The van der Waals surface area contributed by atoms with E-state index in [0.29, 0.717) is 11.3 Å². The molecule has 1 heterocycles. The lowest BCUT2D eigenvalue weighted by atomic mass is 10.2. The first kappa shape index (κ1) is 14.2. The molecule has 3 aromatic rings. The number of imidazole rings is 1. The van der Waals surface area contributed by atoms with Crippen molar-refractivity contribution in [1.82, 2.24) is 9.97 Å². The number of H-pyrrole nitrogens is 1. The van der Waals surface area contributed by atoms with E-state index < -0.39 is 5.97 Å². The van der Waals surface area contributed by atoms with Gasteiger partial charge >= 0.3 is 5.97 Å². The number of hydrogen-bond acceptors (Lipinski definition) is 3. The normalized spacial score (nSPS) is 10.9. The van der Waals surface area contributed by atoms with Crippen LogP contribution in [0.1, 0.15) is 16.2 Å². The van der Waals surface area contributed by atoms with Crippen LogP contribution in [-0.4, -0.2) is 21.0 Å². The molecule has 106 valence electrons. The van der Waals surface area contributed by atoms with E-state index in [1.165, 1.54) is 11.8 Å². The quantitative estimate of drug-likeness (QED) is 0.678. The second kappa shape index (κ2) is 5.91. The molecule has 0 aliphatic rings. The predicted molar refractivity (Wildman–Crippen MR) is 86.8 cm³/mol. The number of halogens is 1. The van der Waals surface area contributed by atoms with Gasteiger partial charge in [0, 0.05) is 9.37 Å². The zero-order valence-corrected chi connectivity index (χ0v) is 13.2. The van der Waals surface area contributed by atoms with Crippen LogP contribution < -0.4 is 0 Å². The molecule has 2 aromatic carbocycles. The van der Waals surface area contributed by atoms with Crippen LogP contribution in [0.15, 0.2) is 51.8 Å². The number of para-hydroxylation sites is 2. The van der Waals surface area contributed by atoms with E-state index in [2.05, 4.69) is 25.9 Å². The first-order chi connectivity index (χ1) is 10.1. The number of aromatic nitrogens is 2. The third-order valence-electron chi connectivity index (χ3n) is 2.98. The van der Waals surface area contributed by atoms with Crippen molar-refractivity contribution in [2.45, 2.75) is 10.6 Å². The first-order valence-corrected chi connectivity index (χ1v) is 8.00. The number of rotatable bonds is 4. The molecule has 21 heavy (non-hydrogen) atoms. The SMILES string of the molecule is O=C(O)c1ccc(Br)cc1SCc1nc2ccccc2[nH]1. The summed E-state index contributed by atoms with van der Waals surface area (Å²) in [6, 6.07) is 13.0. The van der Waals surface area contributed by atoms with Crippen molar-refractivity contribution >= 4 is 44.7 Å². The summed E-state index contributed by atoms with van der Waals surface area (Å²) in [7, 11) is 0. The van der Waals surface area contributed by atoms with E-state index in [1.807, 2.05) is 30.3 Å². The smallest absolute Gasteiger partial charge is 0.336 e. The molecule has 2 N–H and O–H groups in total. The van der Waals surface area contributed by atoms with Gasteiger partial charge in [0.15, 0.2) is 0 Å². The lowest BCUT2D eigenvalue weighted by Crippen LogP contribution is -1.99. The van der Waals surface area contributed by atoms with Crippen LogP contribution in [0.25, 0.3) is 11.0 Å². The lowest BCUT2D eigenvalue weighted by molar-refractivity contribution is 0.0693. The number of benzene rings is 2. The number of thioether (sulfide) groups is 1. The highest BCUT2D eigenvalue weighted by Gasteiger charge is 2.12. The summed E-state index contributed by atoms with van der Waals surface area (Å²) >= 11 is 4.82. The highest BCUT2D eigenvalue weighted by atomic mass is 79.9. The maximum Gasteiger partial charge on any atom is 0.336 e. The molecular formula is C15H11BrN2O2S. The molecule has 0 spiro atoms. The Hall–Kier alpha value is -1.79. The second-order valence-electron chi connectivity index (χ2n) is 4.43. The third kappa shape index (κ3) is 3.11. The molecule has 3 rings (SSSR count). The molecule has 0 saturated heterocycles. The fraction of sp³-hybridized carbons (Fsp3) is 0.0667. The highest BCUT2D eigenvalue weighted by molar-refractivity contribution is 9.10. The summed E-state index contributed by atoms with van der Waals surface area (Å²) < 4.78 is 0.861. The molecule has 0 fully saturated rings. The van der Waals surface area contributed by atoms with Crippen LogP contribution in [0.3, 0.4) is 0 Å². The van der Waals surface area contributed by atoms with Gasteiger partial charge in [0.05, 0.1) is 22.3 Å². The topological polar surface area (TPSA) is 66.0 Å². The van der Waals surface area contributed by atoms with Crippen LogP contribution in [0.5, 0.6) is 0 Å². The molecule has 0 saturated carbocycles. The number of hydrogen-bond donors (Lipinski definition) is 2. The number of carboxylic acid groups (broad SMARTS) is 1. The van der Waals surface area contributed by atoms with Crippen molar-refractivity contribution in [2.24, 2.45) is 0 Å². The largest absolute Gasteiger partial charge is 0.478 e. The number of carbonyl (C=O) groups is 1. The summed E-state index contributed by atoms with van der Waals surface area (Å²) in [4.78, 5) is 19.7. The summed E-state index contributed by atoms with van der Waals surface area (Å²) in [5, 5.41) is 9.22. The molecule has 0 bridgehead atoms. The number of aromatic carboxylic acids is 1. The Bertz CT molecular complexity index is 783. The Morgan fingerprint density at radius 2 is 2.10 bits per heavy atom.